The summed E-state index contributed by atoms with van der Waals surface area (Å²) < 4.78 is 5.35. The smallest absolute Gasteiger partial charge is 0.178 e. The third-order valence-electron chi connectivity index (χ3n) is 2.07. The highest BCUT2D eigenvalue weighted by atomic mass is 32.1. The van der Waals surface area contributed by atoms with Crippen LogP contribution >= 0.6 is 11.3 Å². The molecule has 0 aliphatic carbocycles. The van der Waals surface area contributed by atoms with Crippen molar-refractivity contribution in [2.75, 3.05) is 6.61 Å². The van der Waals surface area contributed by atoms with Crippen LogP contribution in [-0.4, -0.2) is 6.61 Å². The zero-order valence-corrected chi connectivity index (χ0v) is 10.5. The van der Waals surface area contributed by atoms with Gasteiger partial charge in [0.05, 0.1) is 0 Å². The summed E-state index contributed by atoms with van der Waals surface area (Å²) in [5.41, 5.74) is 0.148. The van der Waals surface area contributed by atoms with Crippen LogP contribution in [0.4, 0.5) is 0 Å². The van der Waals surface area contributed by atoms with Crippen LogP contribution in [0.1, 0.15) is 43.6 Å². The third-order valence-corrected chi connectivity index (χ3v) is 3.63. The number of thiophene rings is 1. The van der Waals surface area contributed by atoms with Crippen LogP contribution in [0.25, 0.3) is 0 Å². The molecule has 2 nitrogen and oxygen atoms in total. The SMILES string of the molecule is CCOC(C#N)c1ccc(C(C)(C)C)s1. The van der Waals surface area contributed by atoms with E-state index in [0.717, 1.165) is 4.88 Å². The third kappa shape index (κ3) is 3.05. The average Bonchev–Trinajstić information content (AvgIpc) is 2.62. The van der Waals surface area contributed by atoms with Gasteiger partial charge in [-0.15, -0.1) is 11.3 Å². The van der Waals surface area contributed by atoms with Crippen molar-refractivity contribution in [3.63, 3.8) is 0 Å². The van der Waals surface area contributed by atoms with Gasteiger partial charge < -0.3 is 4.74 Å². The van der Waals surface area contributed by atoms with Crippen molar-refractivity contribution >= 4 is 11.3 Å². The Balaban J connectivity index is 2.88. The van der Waals surface area contributed by atoms with Crippen molar-refractivity contribution in [1.29, 1.82) is 5.26 Å². The Hall–Kier alpha value is -0.850. The topological polar surface area (TPSA) is 33.0 Å². The van der Waals surface area contributed by atoms with Gasteiger partial charge in [-0.25, -0.2) is 0 Å². The minimum atomic E-state index is -0.406. The van der Waals surface area contributed by atoms with E-state index in [1.165, 1.54) is 4.88 Å². The number of nitrogens with zero attached hydrogens (tertiary/aromatic N) is 1. The van der Waals surface area contributed by atoms with Crippen molar-refractivity contribution in [3.8, 4) is 6.07 Å². The predicted molar refractivity (Wildman–Crippen MR) is 63.0 cm³/mol. The fourth-order valence-corrected chi connectivity index (χ4v) is 2.31. The van der Waals surface area contributed by atoms with Crippen LogP contribution in [0.2, 0.25) is 0 Å². The first-order valence-electron chi connectivity index (χ1n) is 5.10. The fourth-order valence-electron chi connectivity index (χ4n) is 1.25. The van der Waals surface area contributed by atoms with Crippen LogP contribution < -0.4 is 0 Å². The van der Waals surface area contributed by atoms with Gasteiger partial charge in [0.25, 0.3) is 0 Å². The van der Waals surface area contributed by atoms with E-state index < -0.39 is 6.10 Å². The van der Waals surface area contributed by atoms with E-state index in [1.807, 2.05) is 13.0 Å². The number of ether oxygens (including phenoxy) is 1. The highest BCUT2D eigenvalue weighted by molar-refractivity contribution is 7.12. The average molecular weight is 223 g/mol. The Labute approximate surface area is 95.5 Å². The lowest BCUT2D eigenvalue weighted by atomic mass is 9.95. The Bertz CT molecular complexity index is 356. The second kappa shape index (κ2) is 4.78. The van der Waals surface area contributed by atoms with E-state index in [4.69, 9.17) is 10.00 Å². The van der Waals surface area contributed by atoms with Gasteiger partial charge in [0.2, 0.25) is 0 Å². The molecule has 3 heteroatoms. The highest BCUT2D eigenvalue weighted by Crippen LogP contribution is 2.33. The van der Waals surface area contributed by atoms with Gasteiger partial charge in [0.1, 0.15) is 6.07 Å². The summed E-state index contributed by atoms with van der Waals surface area (Å²) >= 11 is 1.66. The lowest BCUT2D eigenvalue weighted by molar-refractivity contribution is 0.104. The van der Waals surface area contributed by atoms with Crippen molar-refractivity contribution in [2.24, 2.45) is 0 Å². The molecule has 1 aromatic heterocycles. The molecule has 0 saturated carbocycles. The molecule has 1 unspecified atom stereocenters. The molecule has 1 atom stereocenters. The number of nitriles is 1. The summed E-state index contributed by atoms with van der Waals surface area (Å²) in [4.78, 5) is 2.29. The molecule has 0 radical (unpaired) electrons. The lowest BCUT2D eigenvalue weighted by Crippen LogP contribution is -2.07. The molecule has 0 aromatic carbocycles. The maximum atomic E-state index is 8.95. The second-order valence-electron chi connectivity index (χ2n) is 4.42. The maximum Gasteiger partial charge on any atom is 0.178 e. The van der Waals surface area contributed by atoms with E-state index in [2.05, 4.69) is 32.9 Å². The molecular weight excluding hydrogens is 206 g/mol. The van der Waals surface area contributed by atoms with Gasteiger partial charge in [-0.1, -0.05) is 20.8 Å². The molecule has 15 heavy (non-hydrogen) atoms. The molecule has 0 bridgehead atoms. The number of hydrogen-bond acceptors (Lipinski definition) is 3. The minimum Gasteiger partial charge on any atom is -0.358 e. The van der Waals surface area contributed by atoms with Gasteiger partial charge >= 0.3 is 0 Å². The van der Waals surface area contributed by atoms with Crippen LogP contribution in [0.3, 0.4) is 0 Å². The molecule has 1 heterocycles. The summed E-state index contributed by atoms with van der Waals surface area (Å²) in [6, 6.07) is 6.25. The van der Waals surface area contributed by atoms with Crippen LogP contribution in [-0.2, 0) is 10.2 Å². The Morgan fingerprint density at radius 3 is 2.53 bits per heavy atom. The molecule has 0 N–H and O–H groups in total. The first kappa shape index (κ1) is 12.2. The number of hydrogen-bond donors (Lipinski definition) is 0. The zero-order chi connectivity index (χ0) is 11.5. The van der Waals surface area contributed by atoms with E-state index in [-0.39, 0.29) is 5.41 Å². The lowest BCUT2D eigenvalue weighted by Gasteiger charge is -2.15. The summed E-state index contributed by atoms with van der Waals surface area (Å²) in [6.45, 7) is 8.99. The second-order valence-corrected chi connectivity index (χ2v) is 5.53. The minimum absolute atomic E-state index is 0.148. The van der Waals surface area contributed by atoms with E-state index >= 15 is 0 Å². The summed E-state index contributed by atoms with van der Waals surface area (Å²) in [6.07, 6.45) is -0.406. The summed E-state index contributed by atoms with van der Waals surface area (Å²) in [5.74, 6) is 0. The first-order chi connectivity index (χ1) is 6.99. The molecule has 1 aromatic rings. The van der Waals surface area contributed by atoms with Crippen LogP contribution in [0.5, 0.6) is 0 Å². The van der Waals surface area contributed by atoms with Crippen molar-refractivity contribution in [1.82, 2.24) is 0 Å². The van der Waals surface area contributed by atoms with Crippen molar-refractivity contribution < 1.29 is 4.74 Å². The highest BCUT2D eigenvalue weighted by Gasteiger charge is 2.19. The monoisotopic (exact) mass is 223 g/mol. The van der Waals surface area contributed by atoms with E-state index in [0.29, 0.717) is 6.61 Å². The number of rotatable bonds is 3. The molecule has 1 rings (SSSR count). The summed E-state index contributed by atoms with van der Waals surface area (Å²) in [5, 5.41) is 8.95. The first-order valence-corrected chi connectivity index (χ1v) is 5.92. The van der Waals surface area contributed by atoms with Crippen molar-refractivity contribution in [3.05, 3.63) is 21.9 Å². The van der Waals surface area contributed by atoms with Crippen LogP contribution in [0.15, 0.2) is 12.1 Å². The largest absolute Gasteiger partial charge is 0.358 e. The van der Waals surface area contributed by atoms with Crippen LogP contribution in [0, 0.1) is 11.3 Å². The Morgan fingerprint density at radius 2 is 2.13 bits per heavy atom. The summed E-state index contributed by atoms with van der Waals surface area (Å²) in [7, 11) is 0. The molecule has 0 saturated heterocycles. The molecule has 0 aliphatic rings. The van der Waals surface area contributed by atoms with Gasteiger partial charge in [0, 0.05) is 16.4 Å². The van der Waals surface area contributed by atoms with Crippen molar-refractivity contribution in [2.45, 2.75) is 39.2 Å². The molecule has 0 aliphatic heterocycles. The standard InChI is InChI=1S/C12H17NOS/c1-5-14-9(8-13)10-6-7-11(15-10)12(2,3)4/h6-7,9H,5H2,1-4H3. The van der Waals surface area contributed by atoms with E-state index in [1.54, 1.807) is 11.3 Å². The quantitative estimate of drug-likeness (QED) is 0.783. The molecule has 0 amide bonds. The molecule has 82 valence electrons. The zero-order valence-electron chi connectivity index (χ0n) is 9.70. The molecule has 0 fully saturated rings. The maximum absolute atomic E-state index is 8.95. The fraction of sp³-hybridized carbons (Fsp3) is 0.583. The van der Waals surface area contributed by atoms with Gasteiger partial charge in [-0.3, -0.25) is 0 Å². The Kier molecular flexibility index (Phi) is 3.90. The van der Waals surface area contributed by atoms with Gasteiger partial charge in [-0.05, 0) is 24.5 Å². The van der Waals surface area contributed by atoms with E-state index in [9.17, 15) is 0 Å². The molecular formula is C12H17NOS. The Morgan fingerprint density at radius 1 is 1.47 bits per heavy atom. The van der Waals surface area contributed by atoms with Gasteiger partial charge in [-0.2, -0.15) is 5.26 Å². The van der Waals surface area contributed by atoms with Gasteiger partial charge in [0.15, 0.2) is 6.10 Å². The normalized spacial score (nSPS) is 13.5. The predicted octanol–water partition coefficient (Wildman–Crippen LogP) is 3.65. The molecule has 0 spiro atoms.